The quantitative estimate of drug-likeness (QED) is 0.857. The molecule has 0 unspecified atom stereocenters. The van der Waals surface area contributed by atoms with E-state index in [9.17, 15) is 4.79 Å². The lowest BCUT2D eigenvalue weighted by molar-refractivity contribution is -0.156. The van der Waals surface area contributed by atoms with Gasteiger partial charge in [0.1, 0.15) is 5.60 Å². The average Bonchev–Trinajstić information content (AvgIpc) is 2.93. The van der Waals surface area contributed by atoms with E-state index in [2.05, 4.69) is 9.88 Å². The van der Waals surface area contributed by atoms with Crippen molar-refractivity contribution >= 4 is 17.3 Å². The topological polar surface area (TPSA) is 77.7 Å². The van der Waals surface area contributed by atoms with Gasteiger partial charge >= 0.3 is 5.97 Å². The smallest absolute Gasteiger partial charge is 0.306 e. The van der Waals surface area contributed by atoms with Gasteiger partial charge in [0, 0.05) is 25.1 Å². The molecule has 0 amide bonds. The summed E-state index contributed by atoms with van der Waals surface area (Å²) in [5.41, 5.74) is 8.62. The summed E-state index contributed by atoms with van der Waals surface area (Å²) in [6.45, 7) is 8.14. The van der Waals surface area contributed by atoms with Gasteiger partial charge in [0.15, 0.2) is 0 Å². The third-order valence-corrected chi connectivity index (χ3v) is 4.44. The zero-order chi connectivity index (χ0) is 17.3. The average molecular weight is 333 g/mol. The maximum absolute atomic E-state index is 12.1. The van der Waals surface area contributed by atoms with E-state index in [1.54, 1.807) is 6.20 Å². The fourth-order valence-electron chi connectivity index (χ4n) is 3.57. The van der Waals surface area contributed by atoms with Crippen molar-refractivity contribution in [3.63, 3.8) is 0 Å². The van der Waals surface area contributed by atoms with Gasteiger partial charge in [-0.05, 0) is 39.5 Å². The number of carbonyl (C=O) groups excluding carboxylic acids is 1. The zero-order valence-electron chi connectivity index (χ0n) is 14.8. The van der Waals surface area contributed by atoms with Crippen molar-refractivity contribution in [2.75, 3.05) is 30.3 Å². The summed E-state index contributed by atoms with van der Waals surface area (Å²) in [5.74, 6) is 0.873. The molecule has 132 valence electrons. The van der Waals surface area contributed by atoms with Crippen molar-refractivity contribution in [2.45, 2.75) is 52.1 Å². The van der Waals surface area contributed by atoms with Crippen LogP contribution in [0.4, 0.5) is 11.4 Å². The van der Waals surface area contributed by atoms with Gasteiger partial charge in [0.05, 0.1) is 30.6 Å². The van der Waals surface area contributed by atoms with E-state index in [0.717, 1.165) is 43.6 Å². The third kappa shape index (κ3) is 3.74. The molecule has 0 radical (unpaired) electrons. The first-order chi connectivity index (χ1) is 11.3. The summed E-state index contributed by atoms with van der Waals surface area (Å²) in [5, 5.41) is 0. The molecule has 6 nitrogen and oxygen atoms in total. The zero-order valence-corrected chi connectivity index (χ0v) is 14.8. The molecule has 2 aliphatic heterocycles. The molecule has 0 bridgehead atoms. The largest absolute Gasteiger partial charge is 0.477 e. The van der Waals surface area contributed by atoms with Crippen LogP contribution in [-0.2, 0) is 16.0 Å². The molecular formula is C18H27N3O3. The van der Waals surface area contributed by atoms with Crippen LogP contribution in [0.25, 0.3) is 0 Å². The summed E-state index contributed by atoms with van der Waals surface area (Å²) in [6, 6.07) is 0. The highest BCUT2D eigenvalue weighted by atomic mass is 16.6. The number of rotatable bonds is 3. The SMILES string of the molecule is CC(C)(C)OC(=O)C[C@H]1CCCN(c2c(N)cnc3c2CCO3)C1. The molecule has 1 aromatic rings. The van der Waals surface area contributed by atoms with Gasteiger partial charge in [-0.3, -0.25) is 4.79 Å². The van der Waals surface area contributed by atoms with E-state index < -0.39 is 5.60 Å². The highest BCUT2D eigenvalue weighted by Crippen LogP contribution is 2.38. The van der Waals surface area contributed by atoms with Crippen LogP contribution in [0.5, 0.6) is 5.88 Å². The number of esters is 1. The fourth-order valence-corrected chi connectivity index (χ4v) is 3.57. The Kier molecular flexibility index (Phi) is 4.56. The van der Waals surface area contributed by atoms with E-state index in [1.807, 2.05) is 20.8 Å². The Morgan fingerprint density at radius 3 is 3.04 bits per heavy atom. The van der Waals surface area contributed by atoms with Crippen molar-refractivity contribution in [3.05, 3.63) is 11.8 Å². The highest BCUT2D eigenvalue weighted by Gasteiger charge is 2.29. The summed E-state index contributed by atoms with van der Waals surface area (Å²) < 4.78 is 11.0. The fraction of sp³-hybridized carbons (Fsp3) is 0.667. The van der Waals surface area contributed by atoms with Crippen LogP contribution in [0.15, 0.2) is 6.20 Å². The van der Waals surface area contributed by atoms with Crippen molar-refractivity contribution in [1.29, 1.82) is 0 Å². The van der Waals surface area contributed by atoms with Crippen LogP contribution in [-0.4, -0.2) is 36.3 Å². The standard InChI is InChI=1S/C18H27N3O3/c1-18(2,3)24-15(22)9-12-5-4-7-21(11-12)16-13-6-8-23-17(13)20-10-14(16)19/h10,12H,4-9,11,19H2,1-3H3/t12-/m1/s1. The van der Waals surface area contributed by atoms with Crippen LogP contribution in [0.3, 0.4) is 0 Å². The number of carbonyl (C=O) groups is 1. The maximum atomic E-state index is 12.1. The molecule has 0 spiro atoms. The Morgan fingerprint density at radius 2 is 2.29 bits per heavy atom. The van der Waals surface area contributed by atoms with Gasteiger partial charge < -0.3 is 20.1 Å². The predicted molar refractivity (Wildman–Crippen MR) is 93.2 cm³/mol. The highest BCUT2D eigenvalue weighted by molar-refractivity contribution is 5.74. The van der Waals surface area contributed by atoms with Gasteiger partial charge in [-0.1, -0.05) is 0 Å². The number of anilines is 2. The third-order valence-electron chi connectivity index (χ3n) is 4.44. The number of hydrogen-bond donors (Lipinski definition) is 1. The Morgan fingerprint density at radius 1 is 1.50 bits per heavy atom. The molecule has 1 aromatic heterocycles. The van der Waals surface area contributed by atoms with E-state index >= 15 is 0 Å². The second-order valence-corrected chi connectivity index (χ2v) is 7.69. The minimum Gasteiger partial charge on any atom is -0.477 e. The van der Waals surface area contributed by atoms with E-state index in [4.69, 9.17) is 15.2 Å². The van der Waals surface area contributed by atoms with Gasteiger partial charge in [0.25, 0.3) is 0 Å². The summed E-state index contributed by atoms with van der Waals surface area (Å²) in [7, 11) is 0. The first kappa shape index (κ1) is 16.9. The second kappa shape index (κ2) is 6.49. The molecule has 1 fully saturated rings. The minimum atomic E-state index is -0.431. The lowest BCUT2D eigenvalue weighted by Crippen LogP contribution is -2.38. The Hall–Kier alpha value is -1.98. The normalized spacial score (nSPS) is 20.5. The van der Waals surface area contributed by atoms with Crippen molar-refractivity contribution < 1.29 is 14.3 Å². The summed E-state index contributed by atoms with van der Waals surface area (Å²) >= 11 is 0. The first-order valence-corrected chi connectivity index (χ1v) is 8.70. The molecule has 1 saturated heterocycles. The number of nitrogen functional groups attached to an aromatic ring is 1. The molecule has 0 aliphatic carbocycles. The number of nitrogens with two attached hydrogens (primary N) is 1. The van der Waals surface area contributed by atoms with Gasteiger partial charge in [-0.2, -0.15) is 0 Å². The molecule has 0 aromatic carbocycles. The number of fused-ring (bicyclic) bond motifs is 1. The predicted octanol–water partition coefficient (Wildman–Crippen LogP) is 2.55. The van der Waals surface area contributed by atoms with Crippen molar-refractivity contribution in [2.24, 2.45) is 5.92 Å². The first-order valence-electron chi connectivity index (χ1n) is 8.70. The van der Waals surface area contributed by atoms with Gasteiger partial charge in [-0.15, -0.1) is 0 Å². The van der Waals surface area contributed by atoms with Crippen LogP contribution >= 0.6 is 0 Å². The molecular weight excluding hydrogens is 306 g/mol. The van der Waals surface area contributed by atoms with Crippen LogP contribution in [0, 0.1) is 5.92 Å². The minimum absolute atomic E-state index is 0.120. The number of ether oxygens (including phenoxy) is 2. The number of piperidine rings is 1. The summed E-state index contributed by atoms with van der Waals surface area (Å²) in [6.07, 6.45) is 5.06. The maximum Gasteiger partial charge on any atom is 0.306 e. The Balaban J connectivity index is 1.71. The van der Waals surface area contributed by atoms with E-state index in [0.29, 0.717) is 30.5 Å². The second-order valence-electron chi connectivity index (χ2n) is 7.69. The Labute approximate surface area is 143 Å². The van der Waals surface area contributed by atoms with Gasteiger partial charge in [-0.25, -0.2) is 4.98 Å². The van der Waals surface area contributed by atoms with Crippen LogP contribution in [0.2, 0.25) is 0 Å². The summed E-state index contributed by atoms with van der Waals surface area (Å²) in [4.78, 5) is 18.7. The van der Waals surface area contributed by atoms with Crippen LogP contribution < -0.4 is 15.4 Å². The van der Waals surface area contributed by atoms with E-state index in [-0.39, 0.29) is 5.97 Å². The molecule has 0 saturated carbocycles. The molecule has 24 heavy (non-hydrogen) atoms. The molecule has 2 N–H and O–H groups in total. The molecule has 1 atom stereocenters. The molecule has 6 heteroatoms. The molecule has 3 rings (SSSR count). The number of pyridine rings is 1. The van der Waals surface area contributed by atoms with Gasteiger partial charge in [0.2, 0.25) is 5.88 Å². The number of hydrogen-bond acceptors (Lipinski definition) is 6. The number of aromatic nitrogens is 1. The molecule has 3 heterocycles. The monoisotopic (exact) mass is 333 g/mol. The lowest BCUT2D eigenvalue weighted by Gasteiger charge is -2.35. The number of nitrogens with zero attached hydrogens (tertiary/aromatic N) is 2. The lowest BCUT2D eigenvalue weighted by atomic mass is 9.93. The van der Waals surface area contributed by atoms with Crippen LogP contribution in [0.1, 0.15) is 45.6 Å². The van der Waals surface area contributed by atoms with Crippen molar-refractivity contribution in [3.8, 4) is 5.88 Å². The Bertz CT molecular complexity index is 625. The van der Waals surface area contributed by atoms with E-state index in [1.165, 1.54) is 0 Å². The molecule has 2 aliphatic rings. The van der Waals surface area contributed by atoms with Crippen molar-refractivity contribution in [1.82, 2.24) is 4.98 Å².